The molecule has 4 rings (SSSR count). The van der Waals surface area contributed by atoms with Crippen LogP contribution in [0.25, 0.3) is 5.69 Å². The maximum absolute atomic E-state index is 11.6. The Balaban J connectivity index is 1.40. The molecule has 1 aliphatic carbocycles. The van der Waals surface area contributed by atoms with E-state index in [4.69, 9.17) is 10.5 Å². The third-order valence-corrected chi connectivity index (χ3v) is 5.07. The number of hydrogen-bond acceptors (Lipinski definition) is 3. The molecule has 0 bridgehead atoms. The summed E-state index contributed by atoms with van der Waals surface area (Å²) in [5, 5.41) is 0. The molecule has 2 N–H and O–H groups in total. The average Bonchev–Trinajstić information content (AvgIpc) is 3.37. The number of ether oxygens (including phenoxy) is 1. The summed E-state index contributed by atoms with van der Waals surface area (Å²) < 4.78 is 7.90. The number of benzene rings is 2. The SMILES string of the molecule is Cc1nccn1-c1ccc(COc2ccc(C3(C(N)=O)CC3)cc2)cc1. The number of nitrogens with two attached hydrogens (primary N) is 1. The molecule has 0 radical (unpaired) electrons. The molecule has 5 nitrogen and oxygen atoms in total. The van der Waals surface area contributed by atoms with Crippen molar-refractivity contribution in [2.45, 2.75) is 31.8 Å². The molecule has 132 valence electrons. The van der Waals surface area contributed by atoms with Crippen molar-refractivity contribution in [2.24, 2.45) is 5.73 Å². The van der Waals surface area contributed by atoms with Crippen molar-refractivity contribution in [2.75, 3.05) is 0 Å². The highest BCUT2D eigenvalue weighted by molar-refractivity contribution is 5.89. The monoisotopic (exact) mass is 347 g/mol. The molecule has 1 aliphatic rings. The van der Waals surface area contributed by atoms with Crippen molar-refractivity contribution in [3.63, 3.8) is 0 Å². The normalized spacial score (nSPS) is 14.8. The summed E-state index contributed by atoms with van der Waals surface area (Å²) in [6.45, 7) is 2.47. The van der Waals surface area contributed by atoms with Crippen LogP contribution in [0.5, 0.6) is 5.75 Å². The fraction of sp³-hybridized carbons (Fsp3) is 0.238. The Hall–Kier alpha value is -3.08. The molecule has 0 spiro atoms. The van der Waals surface area contributed by atoms with Crippen LogP contribution in [-0.2, 0) is 16.8 Å². The molecule has 26 heavy (non-hydrogen) atoms. The van der Waals surface area contributed by atoms with Gasteiger partial charge in [-0.25, -0.2) is 4.98 Å². The van der Waals surface area contributed by atoms with Crippen LogP contribution in [0.4, 0.5) is 0 Å². The summed E-state index contributed by atoms with van der Waals surface area (Å²) in [4.78, 5) is 15.8. The first-order valence-corrected chi connectivity index (χ1v) is 8.71. The van der Waals surface area contributed by atoms with E-state index in [0.717, 1.165) is 41.2 Å². The van der Waals surface area contributed by atoms with Crippen LogP contribution < -0.4 is 10.5 Å². The van der Waals surface area contributed by atoms with E-state index in [9.17, 15) is 4.79 Å². The van der Waals surface area contributed by atoms with Gasteiger partial charge < -0.3 is 15.0 Å². The summed E-state index contributed by atoms with van der Waals surface area (Å²) >= 11 is 0. The molecular formula is C21H21N3O2. The highest BCUT2D eigenvalue weighted by Gasteiger charge is 2.49. The zero-order valence-electron chi connectivity index (χ0n) is 14.7. The zero-order valence-corrected chi connectivity index (χ0v) is 14.7. The Morgan fingerprint density at radius 1 is 1.15 bits per heavy atom. The standard InChI is InChI=1S/C21H21N3O2/c1-15-23-12-13-24(15)18-6-2-16(3-7-18)14-26-19-8-4-17(5-9-19)21(10-11-21)20(22)25/h2-9,12-13H,10-11,14H2,1H3,(H2,22,25). The van der Waals surface area contributed by atoms with Crippen LogP contribution in [0.2, 0.25) is 0 Å². The third-order valence-electron chi connectivity index (χ3n) is 5.07. The number of amides is 1. The summed E-state index contributed by atoms with van der Waals surface area (Å²) in [7, 11) is 0. The highest BCUT2D eigenvalue weighted by Crippen LogP contribution is 2.48. The average molecular weight is 347 g/mol. The Kier molecular flexibility index (Phi) is 3.99. The van der Waals surface area contributed by atoms with E-state index < -0.39 is 5.41 Å². The smallest absolute Gasteiger partial charge is 0.228 e. The lowest BCUT2D eigenvalue weighted by Crippen LogP contribution is -2.28. The van der Waals surface area contributed by atoms with E-state index in [1.165, 1.54) is 0 Å². The largest absolute Gasteiger partial charge is 0.489 e. The van der Waals surface area contributed by atoms with Gasteiger partial charge in [0, 0.05) is 18.1 Å². The molecule has 5 heteroatoms. The first kappa shape index (κ1) is 16.4. The van der Waals surface area contributed by atoms with Crippen LogP contribution >= 0.6 is 0 Å². The number of imidazole rings is 1. The van der Waals surface area contributed by atoms with Crippen LogP contribution in [-0.4, -0.2) is 15.5 Å². The molecule has 3 aromatic rings. The van der Waals surface area contributed by atoms with Gasteiger partial charge in [-0.05, 0) is 55.2 Å². The number of aromatic nitrogens is 2. The van der Waals surface area contributed by atoms with Gasteiger partial charge in [0.2, 0.25) is 5.91 Å². The molecule has 1 saturated carbocycles. The quantitative estimate of drug-likeness (QED) is 0.744. The van der Waals surface area contributed by atoms with Crippen molar-refractivity contribution in [3.05, 3.63) is 77.9 Å². The van der Waals surface area contributed by atoms with E-state index in [-0.39, 0.29) is 5.91 Å². The van der Waals surface area contributed by atoms with E-state index in [0.29, 0.717) is 6.61 Å². The lowest BCUT2D eigenvalue weighted by atomic mass is 9.95. The molecule has 1 amide bonds. The molecule has 1 fully saturated rings. The number of hydrogen-bond donors (Lipinski definition) is 1. The molecule has 1 heterocycles. The second-order valence-electron chi connectivity index (χ2n) is 6.77. The molecule has 0 saturated heterocycles. The van der Waals surface area contributed by atoms with Crippen molar-refractivity contribution >= 4 is 5.91 Å². The minimum atomic E-state index is -0.445. The van der Waals surface area contributed by atoms with Gasteiger partial charge in [-0.2, -0.15) is 0 Å². The van der Waals surface area contributed by atoms with Gasteiger partial charge in [0.15, 0.2) is 0 Å². The van der Waals surface area contributed by atoms with Crippen LogP contribution in [0.3, 0.4) is 0 Å². The van der Waals surface area contributed by atoms with Gasteiger partial charge >= 0.3 is 0 Å². The van der Waals surface area contributed by atoms with Crippen molar-refractivity contribution in [3.8, 4) is 11.4 Å². The van der Waals surface area contributed by atoms with Crippen LogP contribution in [0.1, 0.15) is 29.8 Å². The summed E-state index contributed by atoms with van der Waals surface area (Å²) in [5.74, 6) is 1.50. The number of carbonyl (C=O) groups is 1. The van der Waals surface area contributed by atoms with Gasteiger partial charge in [0.1, 0.15) is 18.2 Å². The minimum Gasteiger partial charge on any atom is -0.489 e. The lowest BCUT2D eigenvalue weighted by Gasteiger charge is -2.13. The van der Waals surface area contributed by atoms with Crippen LogP contribution in [0, 0.1) is 6.92 Å². The third kappa shape index (κ3) is 2.96. The molecule has 0 atom stereocenters. The predicted octanol–water partition coefficient (Wildman–Crippen LogP) is 3.28. The zero-order chi connectivity index (χ0) is 18.1. The maximum Gasteiger partial charge on any atom is 0.228 e. The number of rotatable bonds is 6. The Bertz CT molecular complexity index is 923. The Labute approximate surface area is 152 Å². The van der Waals surface area contributed by atoms with Gasteiger partial charge in [-0.1, -0.05) is 24.3 Å². The molecule has 0 unspecified atom stereocenters. The second-order valence-corrected chi connectivity index (χ2v) is 6.77. The van der Waals surface area contributed by atoms with E-state index in [2.05, 4.69) is 29.2 Å². The fourth-order valence-electron chi connectivity index (χ4n) is 3.24. The second kappa shape index (κ2) is 6.33. The van der Waals surface area contributed by atoms with Gasteiger partial charge in [-0.3, -0.25) is 4.79 Å². The fourth-order valence-corrected chi connectivity index (χ4v) is 3.24. The van der Waals surface area contributed by atoms with Crippen molar-refractivity contribution < 1.29 is 9.53 Å². The first-order valence-electron chi connectivity index (χ1n) is 8.71. The number of aryl methyl sites for hydroxylation is 1. The summed E-state index contributed by atoms with van der Waals surface area (Å²) in [5.41, 5.74) is 8.22. The van der Waals surface area contributed by atoms with Crippen molar-refractivity contribution in [1.82, 2.24) is 9.55 Å². The van der Waals surface area contributed by atoms with Gasteiger partial charge in [-0.15, -0.1) is 0 Å². The maximum atomic E-state index is 11.6. The number of carbonyl (C=O) groups excluding carboxylic acids is 1. The number of primary amides is 1. The molecule has 1 aromatic heterocycles. The predicted molar refractivity (Wildman–Crippen MR) is 99.2 cm³/mol. The lowest BCUT2D eigenvalue weighted by molar-refractivity contribution is -0.120. The summed E-state index contributed by atoms with van der Waals surface area (Å²) in [6, 6.07) is 15.9. The number of nitrogens with zero attached hydrogens (tertiary/aromatic N) is 2. The van der Waals surface area contributed by atoms with Gasteiger partial charge in [0.25, 0.3) is 0 Å². The minimum absolute atomic E-state index is 0.237. The molecule has 0 aliphatic heterocycles. The topological polar surface area (TPSA) is 70.1 Å². The Morgan fingerprint density at radius 2 is 1.85 bits per heavy atom. The van der Waals surface area contributed by atoms with Crippen LogP contribution in [0.15, 0.2) is 60.9 Å². The first-order chi connectivity index (χ1) is 12.6. The molecule has 2 aromatic carbocycles. The van der Waals surface area contributed by atoms with Gasteiger partial charge in [0.05, 0.1) is 5.41 Å². The summed E-state index contributed by atoms with van der Waals surface area (Å²) in [6.07, 6.45) is 5.41. The van der Waals surface area contributed by atoms with E-state index in [1.54, 1.807) is 6.20 Å². The van der Waals surface area contributed by atoms with Crippen molar-refractivity contribution in [1.29, 1.82) is 0 Å². The highest BCUT2D eigenvalue weighted by atomic mass is 16.5. The Morgan fingerprint density at radius 3 is 2.38 bits per heavy atom. The molecular weight excluding hydrogens is 326 g/mol. The van der Waals surface area contributed by atoms with E-state index >= 15 is 0 Å². The van der Waals surface area contributed by atoms with E-state index in [1.807, 2.05) is 42.0 Å².